The number of nitrogens with one attached hydrogen (secondary N) is 1. The van der Waals surface area contributed by atoms with Gasteiger partial charge in [0.1, 0.15) is 11.3 Å². The van der Waals surface area contributed by atoms with Gasteiger partial charge in [0.25, 0.3) is 5.91 Å². The number of benzene rings is 1. The normalized spacial score (nSPS) is 16.4. The van der Waals surface area contributed by atoms with E-state index in [1.165, 1.54) is 0 Å². The minimum absolute atomic E-state index is 0.0971. The van der Waals surface area contributed by atoms with Gasteiger partial charge in [0.15, 0.2) is 0 Å². The molecule has 0 unspecified atom stereocenters. The highest BCUT2D eigenvalue weighted by Gasteiger charge is 2.27. The number of anilines is 1. The van der Waals surface area contributed by atoms with Crippen LogP contribution in [0.3, 0.4) is 0 Å². The van der Waals surface area contributed by atoms with Crippen LogP contribution in [0.2, 0.25) is 0 Å². The van der Waals surface area contributed by atoms with Gasteiger partial charge in [0.05, 0.1) is 5.69 Å². The summed E-state index contributed by atoms with van der Waals surface area (Å²) >= 11 is 0. The lowest BCUT2D eigenvalue weighted by atomic mass is 10.1. The van der Waals surface area contributed by atoms with Gasteiger partial charge in [-0.1, -0.05) is 18.2 Å². The van der Waals surface area contributed by atoms with Gasteiger partial charge in [-0.05, 0) is 26.8 Å². The molecule has 18 heavy (non-hydrogen) atoms. The molecule has 0 atom stereocenters. The molecule has 0 spiro atoms. The van der Waals surface area contributed by atoms with E-state index in [1.54, 1.807) is 45.0 Å². The Hall–Kier alpha value is -2.17. The van der Waals surface area contributed by atoms with Crippen LogP contribution in [0, 0.1) is 0 Å². The molecule has 1 aliphatic rings. The Morgan fingerprint density at radius 1 is 1.28 bits per heavy atom. The zero-order chi connectivity index (χ0) is 13.3. The minimum atomic E-state index is -0.760. The fourth-order valence-electron chi connectivity index (χ4n) is 1.59. The molecule has 0 saturated carbocycles. The summed E-state index contributed by atoms with van der Waals surface area (Å²) < 4.78 is 5.06. The summed E-state index contributed by atoms with van der Waals surface area (Å²) in [5.41, 5.74) is 0.744. The first-order valence-corrected chi connectivity index (χ1v) is 5.59. The van der Waals surface area contributed by atoms with Crippen LogP contribution in [0.15, 0.2) is 29.3 Å². The third-order valence-corrected chi connectivity index (χ3v) is 2.24. The standard InChI is InChI=1S/C13H14N2O3/c1-13(2,3)18-12(17)15-10-8-6-4-5-7-9(8)14-11(10)16/h4-7H,1-3H3,(H,14,15,16,17). The summed E-state index contributed by atoms with van der Waals surface area (Å²) in [7, 11) is 0. The van der Waals surface area contributed by atoms with Crippen molar-refractivity contribution in [1.29, 1.82) is 0 Å². The molecule has 1 aromatic rings. The largest absolute Gasteiger partial charge is 0.442 e. The Balaban J connectivity index is 2.29. The lowest BCUT2D eigenvalue weighted by molar-refractivity contribution is -0.110. The second-order valence-corrected chi connectivity index (χ2v) is 4.94. The van der Waals surface area contributed by atoms with E-state index in [0.717, 1.165) is 0 Å². The van der Waals surface area contributed by atoms with Gasteiger partial charge in [0, 0.05) is 5.56 Å². The van der Waals surface area contributed by atoms with Crippen LogP contribution in [0.4, 0.5) is 10.5 Å². The molecule has 2 rings (SSSR count). The van der Waals surface area contributed by atoms with Gasteiger partial charge in [-0.15, -0.1) is 0 Å². The topological polar surface area (TPSA) is 67.8 Å². The van der Waals surface area contributed by atoms with Crippen LogP contribution in [-0.2, 0) is 9.53 Å². The molecule has 1 N–H and O–H groups in total. The third-order valence-electron chi connectivity index (χ3n) is 2.24. The van der Waals surface area contributed by atoms with Gasteiger partial charge >= 0.3 is 6.09 Å². The van der Waals surface area contributed by atoms with Crippen molar-refractivity contribution in [2.24, 2.45) is 4.99 Å². The van der Waals surface area contributed by atoms with Crippen LogP contribution >= 0.6 is 0 Å². The summed E-state index contributed by atoms with van der Waals surface area (Å²) in [5, 5.41) is 2.64. The second-order valence-electron chi connectivity index (χ2n) is 4.94. The number of carbonyl (C=O) groups excluding carboxylic acids is 2. The molecule has 0 saturated heterocycles. The molecule has 0 aliphatic carbocycles. The first-order chi connectivity index (χ1) is 8.37. The summed E-state index contributed by atoms with van der Waals surface area (Å²) in [4.78, 5) is 27.0. The molecule has 1 heterocycles. The number of nitrogens with zero attached hydrogens (tertiary/aromatic N) is 1. The van der Waals surface area contributed by atoms with E-state index in [9.17, 15) is 9.59 Å². The Kier molecular flexibility index (Phi) is 2.90. The lowest BCUT2D eigenvalue weighted by Gasteiger charge is -2.17. The predicted octanol–water partition coefficient (Wildman–Crippen LogP) is 2.36. The summed E-state index contributed by atoms with van der Waals surface area (Å²) in [6.45, 7) is 5.23. The molecule has 2 amide bonds. The predicted molar refractivity (Wildman–Crippen MR) is 67.8 cm³/mol. The number of hydrogen-bond acceptors (Lipinski definition) is 3. The molecule has 5 heteroatoms. The van der Waals surface area contributed by atoms with E-state index < -0.39 is 11.7 Å². The number of para-hydroxylation sites is 1. The van der Waals surface area contributed by atoms with E-state index in [0.29, 0.717) is 11.3 Å². The van der Waals surface area contributed by atoms with Gasteiger partial charge in [-0.3, -0.25) is 4.79 Å². The van der Waals surface area contributed by atoms with E-state index in [4.69, 9.17) is 4.74 Å². The average Bonchev–Trinajstić information content (AvgIpc) is 2.53. The Morgan fingerprint density at radius 2 is 1.94 bits per heavy atom. The van der Waals surface area contributed by atoms with Crippen molar-refractivity contribution < 1.29 is 14.3 Å². The number of amides is 2. The van der Waals surface area contributed by atoms with Crippen LogP contribution in [0.1, 0.15) is 26.3 Å². The Bertz CT molecular complexity index is 541. The van der Waals surface area contributed by atoms with Crippen molar-refractivity contribution in [2.75, 3.05) is 5.32 Å². The molecule has 5 nitrogen and oxygen atoms in total. The number of fused-ring (bicyclic) bond motifs is 1. The van der Waals surface area contributed by atoms with Crippen LogP contribution in [-0.4, -0.2) is 23.3 Å². The fourth-order valence-corrected chi connectivity index (χ4v) is 1.59. The van der Waals surface area contributed by atoms with Crippen molar-refractivity contribution in [1.82, 2.24) is 0 Å². The SMILES string of the molecule is CC(C)(C)OC(=O)/N=C1/C(=O)Nc2ccccc21. The van der Waals surface area contributed by atoms with Crippen molar-refractivity contribution in [3.05, 3.63) is 29.8 Å². The maximum absolute atomic E-state index is 11.7. The Morgan fingerprint density at radius 3 is 2.61 bits per heavy atom. The minimum Gasteiger partial charge on any atom is -0.442 e. The number of carbonyl (C=O) groups is 2. The molecule has 1 aromatic carbocycles. The van der Waals surface area contributed by atoms with E-state index in [-0.39, 0.29) is 11.6 Å². The molecule has 0 fully saturated rings. The van der Waals surface area contributed by atoms with Crippen molar-refractivity contribution >= 4 is 23.4 Å². The third kappa shape index (κ3) is 2.56. The summed E-state index contributed by atoms with van der Waals surface area (Å²) in [6.07, 6.45) is -0.760. The van der Waals surface area contributed by atoms with Gasteiger partial charge in [-0.2, -0.15) is 4.99 Å². The number of aliphatic imine (C=N–C) groups is 1. The van der Waals surface area contributed by atoms with E-state index in [2.05, 4.69) is 10.3 Å². The maximum Gasteiger partial charge on any atom is 0.434 e. The van der Waals surface area contributed by atoms with Crippen LogP contribution in [0.25, 0.3) is 0 Å². The first kappa shape index (κ1) is 12.3. The van der Waals surface area contributed by atoms with Crippen LogP contribution < -0.4 is 5.32 Å². The van der Waals surface area contributed by atoms with Crippen molar-refractivity contribution in [3.8, 4) is 0 Å². The second kappa shape index (κ2) is 4.25. The van der Waals surface area contributed by atoms with Crippen molar-refractivity contribution in [3.63, 3.8) is 0 Å². The molecule has 0 bridgehead atoms. The molecule has 0 radical (unpaired) electrons. The molecule has 94 valence electrons. The monoisotopic (exact) mass is 246 g/mol. The lowest BCUT2D eigenvalue weighted by Crippen LogP contribution is -2.24. The number of ether oxygens (including phenoxy) is 1. The molecular formula is C13H14N2O3. The molecule has 0 aromatic heterocycles. The first-order valence-electron chi connectivity index (χ1n) is 5.59. The number of rotatable bonds is 0. The Labute approximate surface area is 105 Å². The smallest absolute Gasteiger partial charge is 0.434 e. The highest BCUT2D eigenvalue weighted by atomic mass is 16.6. The highest BCUT2D eigenvalue weighted by Crippen LogP contribution is 2.23. The van der Waals surface area contributed by atoms with Gasteiger partial charge in [0.2, 0.25) is 0 Å². The zero-order valence-electron chi connectivity index (χ0n) is 10.5. The summed E-state index contributed by atoms with van der Waals surface area (Å²) in [6, 6.07) is 7.07. The summed E-state index contributed by atoms with van der Waals surface area (Å²) in [5.74, 6) is -0.387. The van der Waals surface area contributed by atoms with Crippen molar-refractivity contribution in [2.45, 2.75) is 26.4 Å². The number of hydrogen-bond donors (Lipinski definition) is 1. The maximum atomic E-state index is 11.7. The molecule has 1 aliphatic heterocycles. The molecular weight excluding hydrogens is 232 g/mol. The highest BCUT2D eigenvalue weighted by molar-refractivity contribution is 6.54. The van der Waals surface area contributed by atoms with Gasteiger partial charge < -0.3 is 10.1 Å². The van der Waals surface area contributed by atoms with Gasteiger partial charge in [-0.25, -0.2) is 4.79 Å². The average molecular weight is 246 g/mol. The van der Waals surface area contributed by atoms with E-state index in [1.807, 2.05) is 0 Å². The quantitative estimate of drug-likeness (QED) is 0.764. The van der Waals surface area contributed by atoms with Crippen LogP contribution in [0.5, 0.6) is 0 Å². The fraction of sp³-hybridized carbons (Fsp3) is 0.308. The van der Waals surface area contributed by atoms with E-state index >= 15 is 0 Å². The zero-order valence-corrected chi connectivity index (χ0v) is 10.5.